The highest BCUT2D eigenvalue weighted by molar-refractivity contribution is 5.94. The molecule has 0 aliphatic carbocycles. The zero-order chi connectivity index (χ0) is 12.8. The predicted octanol–water partition coefficient (Wildman–Crippen LogP) is 1.89. The van der Waals surface area contributed by atoms with Crippen molar-refractivity contribution in [2.24, 2.45) is 0 Å². The summed E-state index contributed by atoms with van der Waals surface area (Å²) in [6, 6.07) is 6.34. The van der Waals surface area contributed by atoms with Gasteiger partial charge in [-0.25, -0.2) is 0 Å². The number of amides is 1. The third-order valence-corrected chi connectivity index (χ3v) is 2.32. The maximum Gasteiger partial charge on any atom is 0.253 e. The van der Waals surface area contributed by atoms with Gasteiger partial charge in [0.1, 0.15) is 5.75 Å². The zero-order valence-corrected chi connectivity index (χ0v) is 10.5. The van der Waals surface area contributed by atoms with Crippen molar-refractivity contribution in [1.29, 1.82) is 0 Å². The van der Waals surface area contributed by atoms with Crippen LogP contribution in [0.15, 0.2) is 24.3 Å². The van der Waals surface area contributed by atoms with Gasteiger partial charge in [0.15, 0.2) is 0 Å². The molecule has 1 aromatic carbocycles. The highest BCUT2D eigenvalue weighted by atomic mass is 16.5. The van der Waals surface area contributed by atoms with E-state index >= 15 is 0 Å². The third-order valence-electron chi connectivity index (χ3n) is 2.32. The van der Waals surface area contributed by atoms with Crippen molar-refractivity contribution >= 4 is 5.91 Å². The Morgan fingerprint density at radius 1 is 1.47 bits per heavy atom. The standard InChI is InChI=1S/C13H19NO3/c1-10(2)17-8-7-14(3)13(16)11-5-4-6-12(15)9-11/h4-6,9-10,15H,7-8H2,1-3H3. The molecule has 0 spiro atoms. The molecule has 0 saturated heterocycles. The van der Waals surface area contributed by atoms with Crippen LogP contribution in [0.5, 0.6) is 5.75 Å². The van der Waals surface area contributed by atoms with Crippen molar-refractivity contribution in [2.75, 3.05) is 20.2 Å². The first kappa shape index (κ1) is 13.5. The van der Waals surface area contributed by atoms with Crippen molar-refractivity contribution < 1.29 is 14.6 Å². The van der Waals surface area contributed by atoms with Crippen molar-refractivity contribution in [3.05, 3.63) is 29.8 Å². The predicted molar refractivity (Wildman–Crippen MR) is 66.2 cm³/mol. The van der Waals surface area contributed by atoms with E-state index < -0.39 is 0 Å². The molecule has 4 nitrogen and oxygen atoms in total. The molecule has 1 aromatic rings. The van der Waals surface area contributed by atoms with Gasteiger partial charge in [0.05, 0.1) is 12.7 Å². The average molecular weight is 237 g/mol. The molecule has 0 unspecified atom stereocenters. The van der Waals surface area contributed by atoms with E-state index in [1.807, 2.05) is 13.8 Å². The highest BCUT2D eigenvalue weighted by Crippen LogP contribution is 2.12. The molecule has 1 N–H and O–H groups in total. The van der Waals surface area contributed by atoms with Gasteiger partial charge in [-0.05, 0) is 32.0 Å². The van der Waals surface area contributed by atoms with Crippen LogP contribution in [0.4, 0.5) is 0 Å². The van der Waals surface area contributed by atoms with Crippen molar-refractivity contribution in [3.8, 4) is 5.75 Å². The van der Waals surface area contributed by atoms with E-state index in [-0.39, 0.29) is 17.8 Å². The number of carbonyl (C=O) groups is 1. The highest BCUT2D eigenvalue weighted by Gasteiger charge is 2.11. The minimum Gasteiger partial charge on any atom is -0.508 e. The number of phenols is 1. The molecule has 0 aliphatic heterocycles. The number of nitrogens with zero attached hydrogens (tertiary/aromatic N) is 1. The van der Waals surface area contributed by atoms with E-state index in [0.29, 0.717) is 18.7 Å². The van der Waals surface area contributed by atoms with E-state index in [1.54, 1.807) is 30.1 Å². The number of hydrogen-bond acceptors (Lipinski definition) is 3. The summed E-state index contributed by atoms with van der Waals surface area (Å²) in [5.74, 6) is -0.0177. The van der Waals surface area contributed by atoms with E-state index in [2.05, 4.69) is 0 Å². The first-order valence-corrected chi connectivity index (χ1v) is 5.67. The number of likely N-dealkylation sites (N-methyl/N-ethyl adjacent to an activating group) is 1. The number of phenolic OH excluding ortho intramolecular Hbond substituents is 1. The van der Waals surface area contributed by atoms with E-state index in [0.717, 1.165) is 0 Å². The number of rotatable bonds is 5. The lowest BCUT2D eigenvalue weighted by Crippen LogP contribution is -2.30. The Labute approximate surface area is 102 Å². The van der Waals surface area contributed by atoms with Gasteiger partial charge in [-0.2, -0.15) is 0 Å². The lowest BCUT2D eigenvalue weighted by Gasteiger charge is -2.18. The molecule has 17 heavy (non-hydrogen) atoms. The maximum atomic E-state index is 11.9. The summed E-state index contributed by atoms with van der Waals surface area (Å²) in [7, 11) is 1.72. The Kier molecular flexibility index (Phi) is 4.97. The summed E-state index contributed by atoms with van der Waals surface area (Å²) < 4.78 is 5.38. The van der Waals surface area contributed by atoms with Gasteiger partial charge in [-0.15, -0.1) is 0 Å². The van der Waals surface area contributed by atoms with Gasteiger partial charge in [0.25, 0.3) is 5.91 Å². The first-order valence-electron chi connectivity index (χ1n) is 5.67. The fourth-order valence-corrected chi connectivity index (χ4v) is 1.39. The number of hydrogen-bond donors (Lipinski definition) is 1. The Bertz CT molecular complexity index is 377. The Morgan fingerprint density at radius 2 is 2.18 bits per heavy atom. The van der Waals surface area contributed by atoms with Crippen LogP contribution in [0.3, 0.4) is 0 Å². The molecule has 0 radical (unpaired) electrons. The lowest BCUT2D eigenvalue weighted by atomic mass is 10.2. The number of benzene rings is 1. The van der Waals surface area contributed by atoms with Gasteiger partial charge in [0, 0.05) is 19.2 Å². The molecule has 0 fully saturated rings. The van der Waals surface area contributed by atoms with Crippen molar-refractivity contribution in [2.45, 2.75) is 20.0 Å². The normalized spacial score (nSPS) is 10.6. The topological polar surface area (TPSA) is 49.8 Å². The summed E-state index contributed by atoms with van der Waals surface area (Å²) in [5, 5.41) is 9.30. The second kappa shape index (κ2) is 6.25. The van der Waals surface area contributed by atoms with Crippen molar-refractivity contribution in [1.82, 2.24) is 4.90 Å². The van der Waals surface area contributed by atoms with E-state index in [4.69, 9.17) is 4.74 Å². The molecule has 4 heteroatoms. The van der Waals surface area contributed by atoms with E-state index in [1.165, 1.54) is 6.07 Å². The Morgan fingerprint density at radius 3 is 2.76 bits per heavy atom. The molecule has 0 atom stereocenters. The molecule has 1 rings (SSSR count). The fourth-order valence-electron chi connectivity index (χ4n) is 1.39. The molecule has 0 heterocycles. The number of ether oxygens (including phenoxy) is 1. The molecule has 0 saturated carbocycles. The summed E-state index contributed by atoms with van der Waals surface area (Å²) >= 11 is 0. The van der Waals surface area contributed by atoms with Gasteiger partial charge in [-0.3, -0.25) is 4.79 Å². The SMILES string of the molecule is CC(C)OCCN(C)C(=O)c1cccc(O)c1. The summed E-state index contributed by atoms with van der Waals surface area (Å²) in [6.07, 6.45) is 0.166. The summed E-state index contributed by atoms with van der Waals surface area (Å²) in [4.78, 5) is 13.5. The molecule has 94 valence electrons. The maximum absolute atomic E-state index is 11.9. The lowest BCUT2D eigenvalue weighted by molar-refractivity contribution is 0.0532. The van der Waals surface area contributed by atoms with Gasteiger partial charge in [0.2, 0.25) is 0 Å². The van der Waals surface area contributed by atoms with Crippen LogP contribution in [-0.4, -0.2) is 42.2 Å². The molecule has 0 aromatic heterocycles. The van der Waals surface area contributed by atoms with Gasteiger partial charge < -0.3 is 14.7 Å². The van der Waals surface area contributed by atoms with Crippen LogP contribution in [0.1, 0.15) is 24.2 Å². The van der Waals surface area contributed by atoms with Crippen LogP contribution in [0.25, 0.3) is 0 Å². The second-order valence-electron chi connectivity index (χ2n) is 4.20. The minimum atomic E-state index is -0.117. The van der Waals surface area contributed by atoms with Gasteiger partial charge >= 0.3 is 0 Å². The number of carbonyl (C=O) groups excluding carboxylic acids is 1. The second-order valence-corrected chi connectivity index (χ2v) is 4.20. The monoisotopic (exact) mass is 237 g/mol. The molecule has 0 aliphatic rings. The summed E-state index contributed by atoms with van der Waals surface area (Å²) in [6.45, 7) is 4.96. The largest absolute Gasteiger partial charge is 0.508 e. The van der Waals surface area contributed by atoms with Crippen LogP contribution >= 0.6 is 0 Å². The quantitative estimate of drug-likeness (QED) is 0.850. The summed E-state index contributed by atoms with van der Waals surface area (Å²) in [5.41, 5.74) is 0.483. The van der Waals surface area contributed by atoms with Crippen molar-refractivity contribution in [3.63, 3.8) is 0 Å². The van der Waals surface area contributed by atoms with Gasteiger partial charge in [-0.1, -0.05) is 6.07 Å². The van der Waals surface area contributed by atoms with Crippen LogP contribution < -0.4 is 0 Å². The third kappa shape index (κ3) is 4.44. The first-order chi connectivity index (χ1) is 8.00. The van der Waals surface area contributed by atoms with Crippen LogP contribution in [-0.2, 0) is 4.74 Å². The molecular weight excluding hydrogens is 218 g/mol. The Balaban J connectivity index is 2.52. The molecule has 1 amide bonds. The zero-order valence-electron chi connectivity index (χ0n) is 10.5. The molecular formula is C13H19NO3. The average Bonchev–Trinajstić information content (AvgIpc) is 2.27. The van der Waals surface area contributed by atoms with E-state index in [9.17, 15) is 9.90 Å². The molecule has 0 bridgehead atoms. The Hall–Kier alpha value is -1.55. The minimum absolute atomic E-state index is 0.0997. The fraction of sp³-hybridized carbons (Fsp3) is 0.462. The van der Waals surface area contributed by atoms with Crippen LogP contribution in [0.2, 0.25) is 0 Å². The number of aromatic hydroxyl groups is 1. The van der Waals surface area contributed by atoms with Crippen LogP contribution in [0, 0.1) is 0 Å². The smallest absolute Gasteiger partial charge is 0.253 e.